The normalized spacial score (nSPS) is 10.5. The van der Waals surface area contributed by atoms with Gasteiger partial charge >= 0.3 is 6.61 Å². The van der Waals surface area contributed by atoms with Gasteiger partial charge in [-0.05, 0) is 60.5 Å². The van der Waals surface area contributed by atoms with Gasteiger partial charge in [0.1, 0.15) is 5.75 Å². The molecule has 0 atom stereocenters. The zero-order valence-corrected chi connectivity index (χ0v) is 14.6. The molecule has 1 heterocycles. The number of amides is 1. The molecule has 0 spiro atoms. The number of halogens is 2. The fourth-order valence-electron chi connectivity index (χ4n) is 2.08. The topological polar surface area (TPSA) is 76.1 Å². The third-order valence-electron chi connectivity index (χ3n) is 3.26. The molecule has 3 rings (SSSR count). The Morgan fingerprint density at radius 1 is 1.04 bits per heavy atom. The molecule has 0 saturated carbocycles. The van der Waals surface area contributed by atoms with Crippen molar-refractivity contribution in [1.29, 1.82) is 0 Å². The maximum absolute atomic E-state index is 12.3. The van der Waals surface area contributed by atoms with E-state index in [-0.39, 0.29) is 11.3 Å². The lowest BCUT2D eigenvalue weighted by molar-refractivity contribution is -0.0498. The van der Waals surface area contributed by atoms with Crippen molar-refractivity contribution in [3.8, 4) is 5.75 Å². The number of aromatic nitrogens is 2. The lowest BCUT2D eigenvalue weighted by atomic mass is 10.2. The van der Waals surface area contributed by atoms with Crippen LogP contribution in [0, 0.1) is 0 Å². The minimum Gasteiger partial charge on any atom is -0.435 e. The van der Waals surface area contributed by atoms with Gasteiger partial charge in [0.2, 0.25) is 5.95 Å². The fraction of sp³-hybridized carbons (Fsp3) is 0.0556. The average molecular weight is 388 g/mol. The molecule has 9 heteroatoms. The number of hydrogen-bond donors (Lipinski definition) is 2. The van der Waals surface area contributed by atoms with Gasteiger partial charge in [-0.25, -0.2) is 9.97 Å². The van der Waals surface area contributed by atoms with E-state index in [1.54, 1.807) is 30.6 Å². The first-order valence-corrected chi connectivity index (χ1v) is 8.58. The SMILES string of the molecule is O=C(Nc1ccc(SNc2ncccn2)cc1)c1cccc(OC(F)F)c1. The van der Waals surface area contributed by atoms with E-state index in [9.17, 15) is 13.6 Å². The van der Waals surface area contributed by atoms with E-state index in [0.717, 1.165) is 4.90 Å². The smallest absolute Gasteiger partial charge is 0.387 e. The summed E-state index contributed by atoms with van der Waals surface area (Å²) in [5, 5.41) is 2.70. The van der Waals surface area contributed by atoms with Gasteiger partial charge in [-0.1, -0.05) is 6.07 Å². The van der Waals surface area contributed by atoms with Crippen LogP contribution < -0.4 is 14.8 Å². The minimum absolute atomic E-state index is 0.0707. The van der Waals surface area contributed by atoms with Crippen LogP contribution in [0.2, 0.25) is 0 Å². The van der Waals surface area contributed by atoms with Crippen molar-refractivity contribution in [3.63, 3.8) is 0 Å². The van der Waals surface area contributed by atoms with Crippen molar-refractivity contribution in [2.45, 2.75) is 11.5 Å². The molecule has 0 fully saturated rings. The van der Waals surface area contributed by atoms with Crippen molar-refractivity contribution < 1.29 is 18.3 Å². The van der Waals surface area contributed by atoms with Crippen LogP contribution in [0.3, 0.4) is 0 Å². The first-order chi connectivity index (χ1) is 13.1. The largest absolute Gasteiger partial charge is 0.435 e. The average Bonchev–Trinajstić information content (AvgIpc) is 2.68. The highest BCUT2D eigenvalue weighted by molar-refractivity contribution is 8.00. The van der Waals surface area contributed by atoms with E-state index >= 15 is 0 Å². The predicted molar refractivity (Wildman–Crippen MR) is 99.0 cm³/mol. The molecule has 0 aliphatic rings. The number of benzene rings is 2. The molecular weight excluding hydrogens is 374 g/mol. The molecule has 0 unspecified atom stereocenters. The van der Waals surface area contributed by atoms with Crippen molar-refractivity contribution in [2.24, 2.45) is 0 Å². The van der Waals surface area contributed by atoms with Gasteiger partial charge in [0.15, 0.2) is 0 Å². The molecule has 3 aromatic rings. The molecule has 138 valence electrons. The Bertz CT molecular complexity index is 895. The maximum Gasteiger partial charge on any atom is 0.387 e. The number of hydrogen-bond acceptors (Lipinski definition) is 6. The van der Waals surface area contributed by atoms with Gasteiger partial charge < -0.3 is 10.1 Å². The number of carbonyl (C=O) groups is 1. The monoisotopic (exact) mass is 388 g/mol. The third-order valence-corrected chi connectivity index (χ3v) is 4.05. The number of carbonyl (C=O) groups excluding carboxylic acids is 1. The summed E-state index contributed by atoms with van der Waals surface area (Å²) < 4.78 is 31.8. The summed E-state index contributed by atoms with van der Waals surface area (Å²) in [6.07, 6.45) is 3.27. The van der Waals surface area contributed by atoms with E-state index in [0.29, 0.717) is 11.6 Å². The zero-order chi connectivity index (χ0) is 19.1. The Hall–Kier alpha value is -3.20. The predicted octanol–water partition coefficient (Wildman–Crippen LogP) is 4.45. The van der Waals surface area contributed by atoms with Crippen molar-refractivity contribution in [3.05, 3.63) is 72.6 Å². The highest BCUT2D eigenvalue weighted by atomic mass is 32.2. The second-order valence-corrected chi connectivity index (χ2v) is 6.04. The number of anilines is 2. The molecule has 0 radical (unpaired) electrons. The summed E-state index contributed by atoms with van der Waals surface area (Å²) in [5.41, 5.74) is 0.787. The molecule has 0 aliphatic heterocycles. The second-order valence-electron chi connectivity index (χ2n) is 5.16. The molecular formula is C18H14F2N4O2S. The Balaban J connectivity index is 1.58. The Morgan fingerprint density at radius 2 is 1.78 bits per heavy atom. The molecule has 2 aromatic carbocycles. The van der Waals surface area contributed by atoms with Crippen LogP contribution in [-0.2, 0) is 0 Å². The Morgan fingerprint density at radius 3 is 2.48 bits per heavy atom. The first-order valence-electron chi connectivity index (χ1n) is 7.76. The van der Waals surface area contributed by atoms with Gasteiger partial charge in [0, 0.05) is 28.5 Å². The zero-order valence-electron chi connectivity index (χ0n) is 13.8. The summed E-state index contributed by atoms with van der Waals surface area (Å²) in [4.78, 5) is 21.3. The van der Waals surface area contributed by atoms with Crippen molar-refractivity contribution >= 4 is 29.5 Å². The number of rotatable bonds is 7. The lowest BCUT2D eigenvalue weighted by Crippen LogP contribution is -2.12. The van der Waals surface area contributed by atoms with Crippen LogP contribution in [-0.4, -0.2) is 22.5 Å². The van der Waals surface area contributed by atoms with Gasteiger partial charge in [-0.2, -0.15) is 8.78 Å². The van der Waals surface area contributed by atoms with E-state index in [4.69, 9.17) is 0 Å². The van der Waals surface area contributed by atoms with Crippen LogP contribution in [0.25, 0.3) is 0 Å². The molecule has 2 N–H and O–H groups in total. The maximum atomic E-state index is 12.3. The summed E-state index contributed by atoms with van der Waals surface area (Å²) in [6, 6.07) is 14.4. The Kier molecular flexibility index (Phi) is 6.16. The van der Waals surface area contributed by atoms with Crippen LogP contribution in [0.1, 0.15) is 10.4 Å². The fourth-order valence-corrected chi connectivity index (χ4v) is 2.67. The van der Waals surface area contributed by atoms with Crippen LogP contribution >= 0.6 is 11.9 Å². The van der Waals surface area contributed by atoms with Gasteiger partial charge in [0.25, 0.3) is 5.91 Å². The highest BCUT2D eigenvalue weighted by Crippen LogP contribution is 2.22. The molecule has 0 bridgehead atoms. The summed E-state index contributed by atoms with van der Waals surface area (Å²) in [6.45, 7) is -2.94. The number of nitrogens with one attached hydrogen (secondary N) is 2. The lowest BCUT2D eigenvalue weighted by Gasteiger charge is -2.09. The molecule has 6 nitrogen and oxygen atoms in total. The second kappa shape index (κ2) is 8.95. The van der Waals surface area contributed by atoms with E-state index < -0.39 is 12.5 Å². The number of ether oxygens (including phenoxy) is 1. The van der Waals surface area contributed by atoms with Crippen molar-refractivity contribution in [1.82, 2.24) is 9.97 Å². The highest BCUT2D eigenvalue weighted by Gasteiger charge is 2.10. The number of nitrogens with zero attached hydrogens (tertiary/aromatic N) is 2. The van der Waals surface area contributed by atoms with Gasteiger partial charge in [-0.15, -0.1) is 0 Å². The van der Waals surface area contributed by atoms with E-state index in [2.05, 4.69) is 24.7 Å². The summed E-state index contributed by atoms with van der Waals surface area (Å²) in [5.74, 6) is -0.00434. The number of alkyl halides is 2. The molecule has 0 aliphatic carbocycles. The van der Waals surface area contributed by atoms with Crippen LogP contribution in [0.4, 0.5) is 20.4 Å². The summed E-state index contributed by atoms with van der Waals surface area (Å²) in [7, 11) is 0. The van der Waals surface area contributed by atoms with Crippen LogP contribution in [0.5, 0.6) is 5.75 Å². The first kappa shape index (κ1) is 18.6. The minimum atomic E-state index is -2.94. The van der Waals surface area contributed by atoms with E-state index in [1.165, 1.54) is 36.2 Å². The third kappa shape index (κ3) is 5.65. The quantitative estimate of drug-likeness (QED) is 0.583. The van der Waals surface area contributed by atoms with Gasteiger partial charge in [-0.3, -0.25) is 9.52 Å². The van der Waals surface area contributed by atoms with Crippen molar-refractivity contribution in [2.75, 3.05) is 10.0 Å². The standard InChI is InChI=1S/C18H14F2N4O2S/c19-17(20)26-14-4-1-3-12(11-14)16(25)23-13-5-7-15(8-6-13)27-24-18-21-9-2-10-22-18/h1-11,17H,(H,23,25)(H,21,22,24). The van der Waals surface area contributed by atoms with Crippen LogP contribution in [0.15, 0.2) is 71.9 Å². The molecule has 27 heavy (non-hydrogen) atoms. The van der Waals surface area contributed by atoms with Gasteiger partial charge in [0.05, 0.1) is 0 Å². The van der Waals surface area contributed by atoms with E-state index in [1.807, 2.05) is 12.1 Å². The molecule has 0 saturated heterocycles. The molecule has 1 aromatic heterocycles. The Labute approximate surface area is 158 Å². The summed E-state index contributed by atoms with van der Waals surface area (Å²) >= 11 is 1.33. The molecule has 1 amide bonds.